The van der Waals surface area contributed by atoms with Gasteiger partial charge in [0.05, 0.1) is 17.7 Å². The molecule has 232 valence electrons. The van der Waals surface area contributed by atoms with Gasteiger partial charge in [0.25, 0.3) is 0 Å². The van der Waals surface area contributed by atoms with E-state index in [4.69, 9.17) is 4.42 Å². The first-order valence-electron chi connectivity index (χ1n) is 15.7. The summed E-state index contributed by atoms with van der Waals surface area (Å²) in [4.78, 5) is 51.3. The first-order valence-corrected chi connectivity index (χ1v) is 15.7. The molecule has 1 fully saturated rings. The summed E-state index contributed by atoms with van der Waals surface area (Å²) < 4.78 is 5.64. The number of benzene rings is 1. The van der Waals surface area contributed by atoms with Gasteiger partial charge in [0.15, 0.2) is 0 Å². The van der Waals surface area contributed by atoms with Gasteiger partial charge in [0, 0.05) is 59.7 Å². The lowest BCUT2D eigenvalue weighted by atomic mass is 9.67. The summed E-state index contributed by atoms with van der Waals surface area (Å²) >= 11 is 0. The van der Waals surface area contributed by atoms with E-state index in [2.05, 4.69) is 33.4 Å². The largest absolute Gasteiger partial charge is 0.464 e. The Hall–Kier alpha value is -3.59. The highest BCUT2D eigenvalue weighted by atomic mass is 16.3. The van der Waals surface area contributed by atoms with E-state index in [-0.39, 0.29) is 36.2 Å². The SMILES string of the molecule is CC(C)N(C(=O)[C@H]1C[C@H](CC(=O)NCCCN(C)C)C(=O)N2CCc3c([nH]c4cc(-c5ccco5)ccc34)[C@]12C)C(C)C. The number of nitrogens with one attached hydrogen (secondary N) is 2. The van der Waals surface area contributed by atoms with Gasteiger partial charge in [-0.2, -0.15) is 0 Å². The maximum atomic E-state index is 14.5. The molecule has 0 aliphatic carbocycles. The molecule has 3 aromatic rings. The summed E-state index contributed by atoms with van der Waals surface area (Å²) in [5, 5.41) is 4.10. The van der Waals surface area contributed by atoms with Crippen LogP contribution in [0.5, 0.6) is 0 Å². The van der Waals surface area contributed by atoms with Crippen LogP contribution in [0.1, 0.15) is 65.1 Å². The van der Waals surface area contributed by atoms with Gasteiger partial charge in [0.1, 0.15) is 5.76 Å². The van der Waals surface area contributed by atoms with Gasteiger partial charge >= 0.3 is 0 Å². The van der Waals surface area contributed by atoms with Crippen LogP contribution in [0.15, 0.2) is 41.0 Å². The van der Waals surface area contributed by atoms with E-state index in [0.29, 0.717) is 25.9 Å². The quantitative estimate of drug-likeness (QED) is 0.332. The van der Waals surface area contributed by atoms with Crippen molar-refractivity contribution in [1.82, 2.24) is 25.0 Å². The third-order valence-corrected chi connectivity index (χ3v) is 9.38. The number of aromatic amines is 1. The molecule has 1 saturated heterocycles. The van der Waals surface area contributed by atoms with Crippen LogP contribution in [-0.2, 0) is 26.3 Å². The average molecular weight is 590 g/mol. The molecule has 9 heteroatoms. The lowest BCUT2D eigenvalue weighted by molar-refractivity contribution is -0.166. The summed E-state index contributed by atoms with van der Waals surface area (Å²) in [6, 6.07) is 10.1. The summed E-state index contributed by atoms with van der Waals surface area (Å²) in [5.74, 6) is -0.409. The third-order valence-electron chi connectivity index (χ3n) is 9.38. The molecule has 0 spiro atoms. The van der Waals surface area contributed by atoms with Crippen LogP contribution >= 0.6 is 0 Å². The molecule has 4 heterocycles. The summed E-state index contributed by atoms with van der Waals surface area (Å²) in [6.45, 7) is 12.1. The number of piperidine rings is 1. The van der Waals surface area contributed by atoms with Crippen molar-refractivity contribution in [3.8, 4) is 11.3 Å². The number of hydrogen-bond acceptors (Lipinski definition) is 5. The van der Waals surface area contributed by atoms with E-state index in [1.54, 1.807) is 6.26 Å². The molecule has 3 atom stereocenters. The Kier molecular flexibility index (Phi) is 8.75. The van der Waals surface area contributed by atoms with Gasteiger partial charge in [0.2, 0.25) is 17.7 Å². The van der Waals surface area contributed by atoms with E-state index in [9.17, 15) is 14.4 Å². The Bertz CT molecular complexity index is 1470. The maximum absolute atomic E-state index is 14.5. The Balaban J connectivity index is 1.52. The van der Waals surface area contributed by atoms with Crippen LogP contribution in [0.2, 0.25) is 0 Å². The minimum absolute atomic E-state index is 0.00209. The highest BCUT2D eigenvalue weighted by Gasteiger charge is 2.57. The number of amides is 3. The minimum atomic E-state index is -0.869. The number of carbonyl (C=O) groups excluding carboxylic acids is 3. The zero-order chi connectivity index (χ0) is 31.1. The monoisotopic (exact) mass is 589 g/mol. The van der Waals surface area contributed by atoms with Crippen LogP contribution in [-0.4, -0.2) is 83.2 Å². The van der Waals surface area contributed by atoms with Gasteiger partial charge in [-0.3, -0.25) is 14.4 Å². The molecule has 0 unspecified atom stereocenters. The van der Waals surface area contributed by atoms with E-state index >= 15 is 0 Å². The molecule has 5 rings (SSSR count). The molecular weight excluding hydrogens is 542 g/mol. The third kappa shape index (κ3) is 5.71. The molecule has 2 N–H and O–H groups in total. The molecule has 0 radical (unpaired) electrons. The zero-order valence-corrected chi connectivity index (χ0v) is 26.7. The molecule has 1 aromatic carbocycles. The van der Waals surface area contributed by atoms with E-state index < -0.39 is 17.4 Å². The summed E-state index contributed by atoms with van der Waals surface area (Å²) in [7, 11) is 4.01. The molecular formula is C34H47N5O4. The number of aromatic nitrogens is 1. The molecule has 2 aliphatic heterocycles. The Labute approximate surface area is 255 Å². The fourth-order valence-corrected chi connectivity index (χ4v) is 7.39. The zero-order valence-electron chi connectivity index (χ0n) is 26.7. The minimum Gasteiger partial charge on any atom is -0.464 e. The first kappa shape index (κ1) is 30.9. The standard InChI is InChI=1S/C34H47N5O4/c1-21(2)39(22(3)4)33(42)27-18-24(20-30(40)35-14-9-15-37(6)7)32(41)38-16-13-26-25-12-11-23(29-10-8-17-43-29)19-28(25)36-31(26)34(27,38)5/h8,10-12,17,19,21-22,24,27,36H,9,13-16,18,20H2,1-7H3,(H,35,40)/t24-,27-,34+/m1/s1. The van der Waals surface area contributed by atoms with Crippen molar-refractivity contribution in [1.29, 1.82) is 0 Å². The number of nitrogens with zero attached hydrogens (tertiary/aromatic N) is 3. The predicted octanol–water partition coefficient (Wildman–Crippen LogP) is 4.77. The molecule has 2 aliphatic rings. The Morgan fingerprint density at radius 2 is 1.91 bits per heavy atom. The fraction of sp³-hybridized carbons (Fsp3) is 0.559. The average Bonchev–Trinajstić information content (AvgIpc) is 3.61. The van der Waals surface area contributed by atoms with Gasteiger partial charge in [-0.1, -0.05) is 12.1 Å². The van der Waals surface area contributed by atoms with Gasteiger partial charge in [-0.15, -0.1) is 0 Å². The van der Waals surface area contributed by atoms with Crippen LogP contribution in [0.25, 0.3) is 22.2 Å². The normalized spacial score (nSPS) is 21.9. The van der Waals surface area contributed by atoms with E-state index in [1.165, 1.54) is 0 Å². The van der Waals surface area contributed by atoms with Crippen molar-refractivity contribution in [2.24, 2.45) is 11.8 Å². The lowest BCUT2D eigenvalue weighted by Gasteiger charge is -2.54. The molecule has 3 amide bonds. The molecule has 9 nitrogen and oxygen atoms in total. The number of furan rings is 1. The molecule has 0 saturated carbocycles. The van der Waals surface area contributed by atoms with Crippen LogP contribution in [0.3, 0.4) is 0 Å². The molecule has 2 aromatic heterocycles. The number of H-pyrrole nitrogens is 1. The van der Waals surface area contributed by atoms with Gasteiger partial charge in [-0.25, -0.2) is 0 Å². The van der Waals surface area contributed by atoms with E-state index in [1.807, 2.05) is 70.6 Å². The first-order chi connectivity index (χ1) is 20.4. The number of hydrogen-bond donors (Lipinski definition) is 2. The van der Waals surface area contributed by atoms with Gasteiger partial charge in [-0.05, 0) is 98.3 Å². The van der Waals surface area contributed by atoms with Crippen molar-refractivity contribution >= 4 is 28.6 Å². The predicted molar refractivity (Wildman–Crippen MR) is 168 cm³/mol. The number of carbonyl (C=O) groups is 3. The maximum Gasteiger partial charge on any atom is 0.228 e. The summed E-state index contributed by atoms with van der Waals surface area (Å²) in [6.07, 6.45) is 3.60. The van der Waals surface area contributed by atoms with Crippen molar-refractivity contribution in [2.75, 3.05) is 33.7 Å². The van der Waals surface area contributed by atoms with Crippen molar-refractivity contribution < 1.29 is 18.8 Å². The Morgan fingerprint density at radius 1 is 1.16 bits per heavy atom. The van der Waals surface area contributed by atoms with Crippen molar-refractivity contribution in [2.45, 2.75) is 77.9 Å². The summed E-state index contributed by atoms with van der Waals surface area (Å²) in [5.41, 5.74) is 3.14. The molecule has 0 bridgehead atoms. The second-order valence-corrected chi connectivity index (χ2v) is 13.2. The number of fused-ring (bicyclic) bond motifs is 5. The highest BCUT2D eigenvalue weighted by Crippen LogP contribution is 2.50. The highest BCUT2D eigenvalue weighted by molar-refractivity contribution is 5.94. The lowest BCUT2D eigenvalue weighted by Crippen LogP contribution is -2.65. The second kappa shape index (κ2) is 12.2. The second-order valence-electron chi connectivity index (χ2n) is 13.2. The Morgan fingerprint density at radius 3 is 2.56 bits per heavy atom. The smallest absolute Gasteiger partial charge is 0.228 e. The van der Waals surface area contributed by atoms with Crippen LogP contribution < -0.4 is 5.32 Å². The van der Waals surface area contributed by atoms with Gasteiger partial charge < -0.3 is 29.4 Å². The topological polar surface area (TPSA) is 102 Å². The van der Waals surface area contributed by atoms with E-state index in [0.717, 1.165) is 46.4 Å². The van der Waals surface area contributed by atoms with Crippen molar-refractivity contribution in [3.63, 3.8) is 0 Å². The molecule has 43 heavy (non-hydrogen) atoms. The van der Waals surface area contributed by atoms with Crippen LogP contribution in [0.4, 0.5) is 0 Å². The number of rotatable bonds is 10. The fourth-order valence-electron chi connectivity index (χ4n) is 7.39. The van der Waals surface area contributed by atoms with Crippen molar-refractivity contribution in [3.05, 3.63) is 47.9 Å². The van der Waals surface area contributed by atoms with Crippen LogP contribution in [0, 0.1) is 11.8 Å².